The van der Waals surface area contributed by atoms with Gasteiger partial charge in [0.15, 0.2) is 0 Å². The predicted molar refractivity (Wildman–Crippen MR) is 87.2 cm³/mol. The van der Waals surface area contributed by atoms with E-state index >= 15 is 0 Å². The number of aromatic nitrogens is 1. The summed E-state index contributed by atoms with van der Waals surface area (Å²) < 4.78 is 0. The van der Waals surface area contributed by atoms with Crippen LogP contribution in [0.15, 0.2) is 30.3 Å². The molecular weight excluding hydrogens is 268 g/mol. The van der Waals surface area contributed by atoms with Gasteiger partial charge in [-0.3, -0.25) is 4.98 Å². The summed E-state index contributed by atoms with van der Waals surface area (Å²) in [6, 6.07) is 10.4. The van der Waals surface area contributed by atoms with Gasteiger partial charge in [-0.2, -0.15) is 11.8 Å². The summed E-state index contributed by atoms with van der Waals surface area (Å²) in [6.07, 6.45) is 2.01. The number of benzene rings is 1. The zero-order valence-corrected chi connectivity index (χ0v) is 13.1. The molecule has 2 aromatic rings. The quantitative estimate of drug-likeness (QED) is 0.858. The van der Waals surface area contributed by atoms with Crippen LogP contribution in [-0.4, -0.2) is 34.2 Å². The largest absolute Gasteiger partial charge is 0.388 e. The number of nitrogens with zero attached hydrogens (tertiary/aromatic N) is 1. The van der Waals surface area contributed by atoms with E-state index in [4.69, 9.17) is 0 Å². The number of aryl methyl sites for hydroxylation is 1. The van der Waals surface area contributed by atoms with Crippen molar-refractivity contribution >= 4 is 22.7 Å². The molecule has 0 amide bonds. The summed E-state index contributed by atoms with van der Waals surface area (Å²) in [5, 5.41) is 14.6. The summed E-state index contributed by atoms with van der Waals surface area (Å²) >= 11 is 1.66. The van der Waals surface area contributed by atoms with Gasteiger partial charge in [0.05, 0.1) is 11.1 Å². The normalized spacial score (nSPS) is 14.4. The number of pyridine rings is 1. The Morgan fingerprint density at radius 2 is 2.10 bits per heavy atom. The Morgan fingerprint density at radius 1 is 1.30 bits per heavy atom. The summed E-state index contributed by atoms with van der Waals surface area (Å²) in [5.41, 5.74) is 2.62. The topological polar surface area (TPSA) is 45.1 Å². The SMILES string of the molecule is CSCC(C)(O)CNCc1ccc2nc(C)ccc2c1. The minimum absolute atomic E-state index is 0.595. The molecule has 0 aliphatic heterocycles. The Bertz CT molecular complexity index is 584. The molecule has 2 N–H and O–H groups in total. The fourth-order valence-electron chi connectivity index (χ4n) is 2.23. The molecule has 20 heavy (non-hydrogen) atoms. The van der Waals surface area contributed by atoms with E-state index in [-0.39, 0.29) is 0 Å². The van der Waals surface area contributed by atoms with Gasteiger partial charge >= 0.3 is 0 Å². The fraction of sp³-hybridized carbons (Fsp3) is 0.438. The average Bonchev–Trinajstić information content (AvgIpc) is 2.38. The molecule has 0 saturated carbocycles. The second-order valence-electron chi connectivity index (χ2n) is 5.51. The molecule has 2 rings (SSSR count). The number of aliphatic hydroxyl groups is 1. The van der Waals surface area contributed by atoms with Crippen LogP contribution in [-0.2, 0) is 6.54 Å². The fourth-order valence-corrected chi connectivity index (χ4v) is 2.95. The van der Waals surface area contributed by atoms with Crippen LogP contribution in [0.5, 0.6) is 0 Å². The molecule has 0 saturated heterocycles. The molecular formula is C16H22N2OS. The van der Waals surface area contributed by atoms with Crippen molar-refractivity contribution in [3.05, 3.63) is 41.6 Å². The monoisotopic (exact) mass is 290 g/mol. The minimum Gasteiger partial charge on any atom is -0.388 e. The molecule has 0 radical (unpaired) electrons. The maximum absolute atomic E-state index is 10.1. The molecule has 4 heteroatoms. The van der Waals surface area contributed by atoms with Crippen molar-refractivity contribution in [3.8, 4) is 0 Å². The van der Waals surface area contributed by atoms with Crippen LogP contribution >= 0.6 is 11.8 Å². The highest BCUT2D eigenvalue weighted by Crippen LogP contribution is 2.15. The number of fused-ring (bicyclic) bond motifs is 1. The first-order valence-corrected chi connectivity index (χ1v) is 8.18. The van der Waals surface area contributed by atoms with Gasteiger partial charge in [-0.1, -0.05) is 12.1 Å². The number of hydrogen-bond donors (Lipinski definition) is 2. The van der Waals surface area contributed by atoms with Crippen molar-refractivity contribution in [2.75, 3.05) is 18.6 Å². The molecule has 1 aromatic heterocycles. The highest BCUT2D eigenvalue weighted by Gasteiger charge is 2.18. The van der Waals surface area contributed by atoms with E-state index in [1.54, 1.807) is 11.8 Å². The van der Waals surface area contributed by atoms with Crippen molar-refractivity contribution in [3.63, 3.8) is 0 Å². The van der Waals surface area contributed by atoms with Crippen LogP contribution in [0.4, 0.5) is 0 Å². The van der Waals surface area contributed by atoms with Gasteiger partial charge in [0, 0.05) is 29.9 Å². The third kappa shape index (κ3) is 4.20. The first-order chi connectivity index (χ1) is 9.50. The third-order valence-corrected chi connectivity index (χ3v) is 4.09. The van der Waals surface area contributed by atoms with E-state index in [2.05, 4.69) is 34.6 Å². The molecule has 1 atom stereocenters. The van der Waals surface area contributed by atoms with Crippen molar-refractivity contribution in [2.45, 2.75) is 26.0 Å². The van der Waals surface area contributed by atoms with E-state index in [0.717, 1.165) is 28.9 Å². The van der Waals surface area contributed by atoms with Gasteiger partial charge in [-0.05, 0) is 43.9 Å². The number of hydrogen-bond acceptors (Lipinski definition) is 4. The second kappa shape index (κ2) is 6.57. The first kappa shape index (κ1) is 15.3. The van der Waals surface area contributed by atoms with Crippen molar-refractivity contribution in [1.29, 1.82) is 0 Å². The second-order valence-corrected chi connectivity index (χ2v) is 6.38. The molecule has 0 spiro atoms. The summed E-state index contributed by atoms with van der Waals surface area (Å²) in [7, 11) is 0. The molecule has 0 bridgehead atoms. The zero-order chi connectivity index (χ0) is 14.6. The first-order valence-electron chi connectivity index (χ1n) is 6.78. The lowest BCUT2D eigenvalue weighted by Gasteiger charge is -2.22. The Balaban J connectivity index is 1.98. The standard InChI is InChI=1S/C16H22N2OS/c1-12-4-6-14-8-13(5-7-15(14)18-12)9-17-10-16(2,19)11-20-3/h4-8,17,19H,9-11H2,1-3H3. The maximum Gasteiger partial charge on any atom is 0.0833 e. The lowest BCUT2D eigenvalue weighted by molar-refractivity contribution is 0.0846. The lowest BCUT2D eigenvalue weighted by Crippen LogP contribution is -2.39. The van der Waals surface area contributed by atoms with Crippen LogP contribution in [0, 0.1) is 6.92 Å². The van der Waals surface area contributed by atoms with Crippen LogP contribution in [0.25, 0.3) is 10.9 Å². The van der Waals surface area contributed by atoms with Gasteiger partial charge in [0.1, 0.15) is 0 Å². The predicted octanol–water partition coefficient (Wildman–Crippen LogP) is 2.75. The van der Waals surface area contributed by atoms with Gasteiger partial charge in [0.25, 0.3) is 0 Å². The summed E-state index contributed by atoms with van der Waals surface area (Å²) in [5.74, 6) is 0.737. The molecule has 1 aromatic carbocycles. The van der Waals surface area contributed by atoms with E-state index in [1.807, 2.05) is 26.2 Å². The number of rotatable bonds is 6. The molecule has 1 heterocycles. The van der Waals surface area contributed by atoms with Crippen molar-refractivity contribution in [2.24, 2.45) is 0 Å². The third-order valence-electron chi connectivity index (χ3n) is 3.18. The summed E-state index contributed by atoms with van der Waals surface area (Å²) in [6.45, 7) is 5.22. The summed E-state index contributed by atoms with van der Waals surface area (Å²) in [4.78, 5) is 4.50. The highest BCUT2D eigenvalue weighted by atomic mass is 32.2. The molecule has 0 aliphatic rings. The number of nitrogens with one attached hydrogen (secondary N) is 1. The molecule has 1 unspecified atom stereocenters. The Morgan fingerprint density at radius 3 is 2.85 bits per heavy atom. The van der Waals surface area contributed by atoms with Crippen LogP contribution < -0.4 is 5.32 Å². The van der Waals surface area contributed by atoms with E-state index in [0.29, 0.717) is 6.54 Å². The Kier molecular flexibility index (Phi) is 5.02. The molecule has 0 fully saturated rings. The average molecular weight is 290 g/mol. The zero-order valence-electron chi connectivity index (χ0n) is 12.3. The molecule has 3 nitrogen and oxygen atoms in total. The van der Waals surface area contributed by atoms with Crippen LogP contribution in [0.1, 0.15) is 18.2 Å². The van der Waals surface area contributed by atoms with Crippen LogP contribution in [0.2, 0.25) is 0 Å². The van der Waals surface area contributed by atoms with Gasteiger partial charge in [-0.25, -0.2) is 0 Å². The maximum atomic E-state index is 10.1. The van der Waals surface area contributed by atoms with E-state index in [9.17, 15) is 5.11 Å². The van der Waals surface area contributed by atoms with Gasteiger partial charge in [-0.15, -0.1) is 0 Å². The van der Waals surface area contributed by atoms with Gasteiger partial charge < -0.3 is 10.4 Å². The van der Waals surface area contributed by atoms with E-state index < -0.39 is 5.60 Å². The molecule has 108 valence electrons. The smallest absolute Gasteiger partial charge is 0.0833 e. The number of thioether (sulfide) groups is 1. The Hall–Kier alpha value is -1.10. The van der Waals surface area contributed by atoms with Gasteiger partial charge in [0.2, 0.25) is 0 Å². The van der Waals surface area contributed by atoms with Crippen LogP contribution in [0.3, 0.4) is 0 Å². The van der Waals surface area contributed by atoms with Crippen molar-refractivity contribution in [1.82, 2.24) is 10.3 Å². The highest BCUT2D eigenvalue weighted by molar-refractivity contribution is 7.98. The molecule has 0 aliphatic carbocycles. The van der Waals surface area contributed by atoms with E-state index in [1.165, 1.54) is 5.56 Å². The van der Waals surface area contributed by atoms with Crippen molar-refractivity contribution < 1.29 is 5.11 Å². The minimum atomic E-state index is -0.658. The lowest BCUT2D eigenvalue weighted by atomic mass is 10.1. The Labute approximate surface area is 124 Å².